The first-order valence-corrected chi connectivity index (χ1v) is 9.59. The number of hydrazine groups is 1. The van der Waals surface area contributed by atoms with E-state index in [1.165, 1.54) is 18.4 Å². The zero-order valence-corrected chi connectivity index (χ0v) is 15.7. The standard InChI is InChI=1S/C16H20N6.C4H8/c1-21-15(12-4-3-7-18-16(12)20-21)13-5-2-6-14(19-13)22-10-8-17-9-11-22;1-4-2-3-4/h2-7,15,17H,8-11H2,1H3,(H,18,20);4H,2-3H2,1H3. The molecular weight excluding hydrogens is 324 g/mol. The van der Waals surface area contributed by atoms with Crippen molar-refractivity contribution in [1.82, 2.24) is 20.3 Å². The van der Waals surface area contributed by atoms with Crippen LogP contribution in [0.4, 0.5) is 11.6 Å². The molecule has 1 unspecified atom stereocenters. The summed E-state index contributed by atoms with van der Waals surface area (Å²) < 4.78 is 0. The maximum atomic E-state index is 4.92. The fourth-order valence-electron chi connectivity index (χ4n) is 3.36. The molecule has 0 amide bonds. The fourth-order valence-corrected chi connectivity index (χ4v) is 3.36. The smallest absolute Gasteiger partial charge is 0.145 e. The van der Waals surface area contributed by atoms with Crippen molar-refractivity contribution in [3.8, 4) is 0 Å². The van der Waals surface area contributed by atoms with E-state index >= 15 is 0 Å². The van der Waals surface area contributed by atoms with Crippen molar-refractivity contribution < 1.29 is 0 Å². The summed E-state index contributed by atoms with van der Waals surface area (Å²) >= 11 is 0. The molecule has 2 aromatic rings. The Balaban J connectivity index is 0.000000373. The van der Waals surface area contributed by atoms with Crippen molar-refractivity contribution in [3.63, 3.8) is 0 Å². The lowest BCUT2D eigenvalue weighted by Crippen LogP contribution is -2.44. The van der Waals surface area contributed by atoms with Crippen molar-refractivity contribution in [3.05, 3.63) is 47.8 Å². The summed E-state index contributed by atoms with van der Waals surface area (Å²) in [7, 11) is 2.03. The SMILES string of the molecule is CC1CC1.CN1Nc2ncccc2C1c1cccc(N2CCNCC2)n1. The highest BCUT2D eigenvalue weighted by atomic mass is 15.5. The van der Waals surface area contributed by atoms with Crippen molar-refractivity contribution in [2.75, 3.05) is 43.6 Å². The van der Waals surface area contributed by atoms with E-state index in [0.29, 0.717) is 0 Å². The summed E-state index contributed by atoms with van der Waals surface area (Å²) in [6, 6.07) is 10.5. The maximum absolute atomic E-state index is 4.92. The third-order valence-electron chi connectivity index (χ3n) is 5.15. The molecule has 6 heteroatoms. The van der Waals surface area contributed by atoms with Crippen LogP contribution >= 0.6 is 0 Å². The molecule has 26 heavy (non-hydrogen) atoms. The van der Waals surface area contributed by atoms with Crippen molar-refractivity contribution in [1.29, 1.82) is 0 Å². The van der Waals surface area contributed by atoms with Crippen molar-refractivity contribution in [2.24, 2.45) is 5.92 Å². The van der Waals surface area contributed by atoms with Crippen molar-refractivity contribution in [2.45, 2.75) is 25.8 Å². The number of hydrogen-bond donors (Lipinski definition) is 2. The average Bonchev–Trinajstić information content (AvgIpc) is 3.39. The van der Waals surface area contributed by atoms with E-state index in [-0.39, 0.29) is 6.04 Å². The van der Waals surface area contributed by atoms with Crippen LogP contribution in [0.15, 0.2) is 36.5 Å². The minimum absolute atomic E-state index is 0.103. The molecule has 1 aliphatic carbocycles. The van der Waals surface area contributed by atoms with E-state index in [4.69, 9.17) is 4.98 Å². The third-order valence-corrected chi connectivity index (χ3v) is 5.15. The van der Waals surface area contributed by atoms with Gasteiger partial charge >= 0.3 is 0 Å². The Kier molecular flexibility index (Phi) is 5.04. The van der Waals surface area contributed by atoms with E-state index in [2.05, 4.69) is 56.8 Å². The molecule has 2 aliphatic heterocycles. The average molecular weight is 352 g/mol. The molecule has 5 rings (SSSR count). The van der Waals surface area contributed by atoms with E-state index in [1.54, 1.807) is 0 Å². The normalized spacial score (nSPS) is 22.2. The molecule has 0 radical (unpaired) electrons. The van der Waals surface area contributed by atoms with E-state index in [1.807, 2.05) is 19.3 Å². The summed E-state index contributed by atoms with van der Waals surface area (Å²) in [5.74, 6) is 3.06. The number of anilines is 2. The van der Waals surface area contributed by atoms with Gasteiger partial charge in [0.05, 0.1) is 11.7 Å². The molecule has 0 aromatic carbocycles. The van der Waals surface area contributed by atoms with Gasteiger partial charge in [-0.15, -0.1) is 0 Å². The first-order valence-electron chi connectivity index (χ1n) is 9.59. The van der Waals surface area contributed by atoms with Crippen LogP contribution in [0.25, 0.3) is 0 Å². The monoisotopic (exact) mass is 352 g/mol. The largest absolute Gasteiger partial charge is 0.354 e. The minimum Gasteiger partial charge on any atom is -0.354 e. The van der Waals surface area contributed by atoms with Gasteiger partial charge in [0, 0.05) is 45.0 Å². The van der Waals surface area contributed by atoms with E-state index in [9.17, 15) is 0 Å². The number of rotatable bonds is 2. The fraction of sp³-hybridized carbons (Fsp3) is 0.500. The second-order valence-corrected chi connectivity index (χ2v) is 7.41. The second kappa shape index (κ2) is 7.60. The van der Waals surface area contributed by atoms with Crippen LogP contribution in [0.2, 0.25) is 0 Å². The Bertz CT molecular complexity index is 739. The number of nitrogens with zero attached hydrogens (tertiary/aromatic N) is 4. The Morgan fingerprint density at radius 3 is 2.58 bits per heavy atom. The number of nitrogens with one attached hydrogen (secondary N) is 2. The lowest BCUT2D eigenvalue weighted by Gasteiger charge is -2.29. The van der Waals surface area contributed by atoms with Gasteiger partial charge < -0.3 is 15.6 Å². The van der Waals surface area contributed by atoms with Crippen LogP contribution in [0.3, 0.4) is 0 Å². The van der Waals surface area contributed by atoms with Gasteiger partial charge in [-0.25, -0.2) is 15.0 Å². The van der Waals surface area contributed by atoms with E-state index in [0.717, 1.165) is 49.4 Å². The van der Waals surface area contributed by atoms with Crippen LogP contribution < -0.4 is 15.6 Å². The maximum Gasteiger partial charge on any atom is 0.145 e. The molecule has 3 aliphatic rings. The van der Waals surface area contributed by atoms with Gasteiger partial charge in [0.25, 0.3) is 0 Å². The minimum atomic E-state index is 0.103. The topological polar surface area (TPSA) is 56.3 Å². The molecule has 0 spiro atoms. The highest BCUT2D eigenvalue weighted by molar-refractivity contribution is 5.53. The molecule has 2 fully saturated rings. The first kappa shape index (κ1) is 17.2. The zero-order chi connectivity index (χ0) is 17.9. The molecule has 1 atom stereocenters. The third kappa shape index (κ3) is 3.81. The highest BCUT2D eigenvalue weighted by Gasteiger charge is 2.30. The van der Waals surface area contributed by atoms with Gasteiger partial charge in [-0.1, -0.05) is 31.9 Å². The van der Waals surface area contributed by atoms with Crippen LogP contribution in [-0.4, -0.2) is 48.2 Å². The van der Waals surface area contributed by atoms with Gasteiger partial charge in [0.15, 0.2) is 0 Å². The van der Waals surface area contributed by atoms with E-state index < -0.39 is 0 Å². The van der Waals surface area contributed by atoms with Crippen LogP contribution in [-0.2, 0) is 0 Å². The number of aromatic nitrogens is 2. The number of hydrogen-bond acceptors (Lipinski definition) is 6. The lowest BCUT2D eigenvalue weighted by atomic mass is 10.1. The Morgan fingerprint density at radius 1 is 1.08 bits per heavy atom. The predicted octanol–water partition coefficient (Wildman–Crippen LogP) is 2.66. The Hall–Kier alpha value is -2.18. The van der Waals surface area contributed by atoms with Crippen molar-refractivity contribution >= 4 is 11.6 Å². The zero-order valence-electron chi connectivity index (χ0n) is 15.7. The second-order valence-electron chi connectivity index (χ2n) is 7.41. The number of pyridine rings is 2. The highest BCUT2D eigenvalue weighted by Crippen LogP contribution is 2.36. The molecule has 0 bridgehead atoms. The summed E-state index contributed by atoms with van der Waals surface area (Å²) in [5, 5.41) is 5.45. The molecule has 6 nitrogen and oxygen atoms in total. The van der Waals surface area contributed by atoms with Gasteiger partial charge in [0.1, 0.15) is 11.6 Å². The molecular formula is C20H28N6. The number of fused-ring (bicyclic) bond motifs is 1. The van der Waals surface area contributed by atoms with Crippen LogP contribution in [0, 0.1) is 5.92 Å². The summed E-state index contributed by atoms with van der Waals surface area (Å²) in [6.45, 7) is 6.33. The molecule has 138 valence electrons. The Morgan fingerprint density at radius 2 is 1.85 bits per heavy atom. The molecule has 2 aromatic heterocycles. The molecule has 1 saturated heterocycles. The summed E-state index contributed by atoms with van der Waals surface area (Å²) in [4.78, 5) is 11.7. The lowest BCUT2D eigenvalue weighted by molar-refractivity contribution is 0.356. The van der Waals surface area contributed by atoms with Crippen LogP contribution in [0.1, 0.15) is 37.1 Å². The summed E-state index contributed by atoms with van der Waals surface area (Å²) in [5.41, 5.74) is 5.53. The van der Waals surface area contributed by atoms with Gasteiger partial charge in [-0.3, -0.25) is 0 Å². The van der Waals surface area contributed by atoms with Gasteiger partial charge in [-0.2, -0.15) is 0 Å². The Labute approximate surface area is 155 Å². The number of piperazine rings is 1. The molecule has 4 heterocycles. The predicted molar refractivity (Wildman–Crippen MR) is 105 cm³/mol. The molecule has 1 saturated carbocycles. The first-order chi connectivity index (χ1) is 12.7. The summed E-state index contributed by atoms with van der Waals surface area (Å²) in [6.07, 6.45) is 4.78. The van der Waals surface area contributed by atoms with Gasteiger partial charge in [0.2, 0.25) is 0 Å². The quantitative estimate of drug-likeness (QED) is 0.867. The molecule has 2 N–H and O–H groups in total. The van der Waals surface area contributed by atoms with Gasteiger partial charge in [-0.05, 0) is 24.1 Å². The van der Waals surface area contributed by atoms with Crippen LogP contribution in [0.5, 0.6) is 0 Å².